The Kier molecular flexibility index (Phi) is 18.8. The molecule has 0 bridgehead atoms. The van der Waals surface area contributed by atoms with Crippen molar-refractivity contribution in [3.8, 4) is 0 Å². The molecule has 8 nitrogen and oxygen atoms in total. The minimum Gasteiger partial charge on any atom is -0.458 e. The highest BCUT2D eigenvalue weighted by molar-refractivity contribution is 6.99. The average molecular weight is 842 g/mol. The highest BCUT2D eigenvalue weighted by Crippen LogP contribution is 2.40. The van der Waals surface area contributed by atoms with Gasteiger partial charge in [0, 0.05) is 18.4 Å². The van der Waals surface area contributed by atoms with Crippen molar-refractivity contribution in [2.24, 2.45) is 11.7 Å². The summed E-state index contributed by atoms with van der Waals surface area (Å²) in [5.74, 6) is -0.587. The lowest BCUT2D eigenvalue weighted by atomic mass is 9.96. The van der Waals surface area contributed by atoms with Crippen molar-refractivity contribution in [1.29, 1.82) is 0 Å². The predicted octanol–water partition coefficient (Wildman–Crippen LogP) is 10.4. The van der Waals surface area contributed by atoms with Gasteiger partial charge in [0.05, 0.1) is 6.10 Å². The Labute approximate surface area is 357 Å². The number of amides is 1. The Balaban J connectivity index is 2.23. The molecule has 3 rings (SSSR count). The van der Waals surface area contributed by atoms with Gasteiger partial charge in [0.1, 0.15) is 24.6 Å². The number of nitrogens with two attached hydrogens (primary N) is 1. The van der Waals surface area contributed by atoms with E-state index in [0.717, 1.165) is 28.7 Å². The smallest absolute Gasteiger partial charge is 0.404 e. The Morgan fingerprint density at radius 2 is 1.49 bits per heavy atom. The van der Waals surface area contributed by atoms with Gasteiger partial charge in [-0.05, 0) is 85.1 Å². The molecule has 59 heavy (non-hydrogen) atoms. The summed E-state index contributed by atoms with van der Waals surface area (Å²) in [5, 5.41) is 1.84. The standard InChI is InChI=1S/C49H71NO7Si2/c1-37-24-16-12-22-30-43(55-47(50)53)44(57-59(49(7,8)9,41-26-18-14-19-27-41)42-28-20-15-21-29-42)33-32-40(56-58(10,11)48(4,5)6)25-17-13-23-31-46(52)54-45(35-37)39(3)34-38(2)36-51/h12,14-16,18-21,23-24,26-29,31-34,36,39-40,43-45H,13,17,22,25,30,35H2,1-11H3,(H2,50,53)/b16-12+,31-23+,33-32+,37-24+,38-34+/t39-,40+,43+,44+,45-/m1/s1. The number of carbonyl (C=O) groups excluding carboxylic acids is 3. The second-order valence-electron chi connectivity index (χ2n) is 18.4. The fourth-order valence-corrected chi connectivity index (χ4v) is 13.2. The average Bonchev–Trinajstić information content (AvgIpc) is 3.16. The lowest BCUT2D eigenvalue weighted by molar-refractivity contribution is -0.144. The molecular formula is C49H71NO7Si2. The first-order chi connectivity index (χ1) is 27.7. The van der Waals surface area contributed by atoms with Crippen LogP contribution in [0.3, 0.4) is 0 Å². The minimum absolute atomic E-state index is 0.0393. The number of aldehydes is 1. The third-order valence-corrected chi connectivity index (χ3v) is 21.0. The number of primary amides is 1. The van der Waals surface area contributed by atoms with Gasteiger partial charge in [-0.3, -0.25) is 4.79 Å². The second-order valence-corrected chi connectivity index (χ2v) is 27.5. The Morgan fingerprint density at radius 3 is 2.03 bits per heavy atom. The summed E-state index contributed by atoms with van der Waals surface area (Å²) in [6, 6.07) is 20.9. The Morgan fingerprint density at radius 1 is 0.881 bits per heavy atom. The molecule has 0 saturated heterocycles. The van der Waals surface area contributed by atoms with Crippen LogP contribution in [0.15, 0.2) is 120 Å². The lowest BCUT2D eigenvalue weighted by Gasteiger charge is -2.45. The number of rotatable bonds is 10. The van der Waals surface area contributed by atoms with Crippen molar-refractivity contribution in [2.45, 2.75) is 148 Å². The molecule has 1 amide bonds. The number of allylic oxidation sites excluding steroid dienone is 5. The number of hydrogen-bond donors (Lipinski definition) is 1. The van der Waals surface area contributed by atoms with E-state index in [1.165, 1.54) is 6.08 Å². The number of ether oxygens (including phenoxy) is 2. The number of esters is 1. The maximum atomic E-state index is 13.1. The third kappa shape index (κ3) is 14.8. The molecule has 0 radical (unpaired) electrons. The zero-order valence-corrected chi connectivity index (χ0v) is 39.5. The van der Waals surface area contributed by atoms with Crippen LogP contribution in [0, 0.1) is 5.92 Å². The van der Waals surface area contributed by atoms with E-state index < -0.39 is 47.0 Å². The molecular weight excluding hydrogens is 771 g/mol. The fraction of sp³-hybridized carbons (Fsp3) is 0.490. The first kappa shape index (κ1) is 49.3. The van der Waals surface area contributed by atoms with Crippen molar-refractivity contribution < 1.29 is 32.7 Å². The van der Waals surface area contributed by atoms with Gasteiger partial charge in [0.2, 0.25) is 0 Å². The van der Waals surface area contributed by atoms with Crippen molar-refractivity contribution in [2.75, 3.05) is 0 Å². The highest BCUT2D eigenvalue weighted by atomic mass is 28.4. The van der Waals surface area contributed by atoms with Crippen molar-refractivity contribution >= 4 is 45.4 Å². The Hall–Kier alpha value is -4.10. The SMILES string of the molecule is C/C(C=O)=C\[C@@H](C)[C@H]1C/C(C)=C/C=C/CC[C@H](OC(N)=O)[C@@H](O[Si](c2ccccc2)(c2ccccc2)C(C)(C)C)/C=C/[C@@H](O[Si](C)(C)C(C)(C)C)CCC/C=C/C(=O)O1. The van der Waals surface area contributed by atoms with E-state index in [1.54, 1.807) is 6.92 Å². The summed E-state index contributed by atoms with van der Waals surface area (Å²) in [6.07, 6.45) is 16.8. The van der Waals surface area contributed by atoms with Gasteiger partial charge in [0.25, 0.3) is 8.32 Å². The van der Waals surface area contributed by atoms with Crippen molar-refractivity contribution in [3.05, 3.63) is 120 Å². The molecule has 2 aromatic carbocycles. The molecule has 5 atom stereocenters. The van der Waals surface area contributed by atoms with Crippen molar-refractivity contribution in [3.63, 3.8) is 0 Å². The van der Waals surface area contributed by atoms with Crippen LogP contribution >= 0.6 is 0 Å². The zero-order chi connectivity index (χ0) is 43.9. The molecule has 1 heterocycles. The van der Waals surface area contributed by atoms with Gasteiger partial charge in [-0.1, -0.05) is 157 Å². The first-order valence-electron chi connectivity index (χ1n) is 21.1. The molecule has 0 aromatic heterocycles. The molecule has 0 aliphatic carbocycles. The van der Waals surface area contributed by atoms with Gasteiger partial charge in [0.15, 0.2) is 8.32 Å². The second kappa shape index (κ2) is 22.5. The van der Waals surface area contributed by atoms with Crippen LogP contribution < -0.4 is 16.1 Å². The fourth-order valence-electron chi connectivity index (χ4n) is 7.23. The lowest BCUT2D eigenvalue weighted by Crippen LogP contribution is -2.68. The molecule has 0 unspecified atom stereocenters. The van der Waals surface area contributed by atoms with Crippen LogP contribution in [0.2, 0.25) is 23.2 Å². The molecule has 0 fully saturated rings. The molecule has 10 heteroatoms. The van der Waals surface area contributed by atoms with Crippen LogP contribution in [0.5, 0.6) is 0 Å². The molecule has 1 aliphatic heterocycles. The highest BCUT2D eigenvalue weighted by Gasteiger charge is 2.52. The maximum Gasteiger partial charge on any atom is 0.404 e. The molecule has 2 aromatic rings. The van der Waals surface area contributed by atoms with E-state index in [-0.39, 0.29) is 22.1 Å². The van der Waals surface area contributed by atoms with Crippen LogP contribution in [-0.2, 0) is 27.9 Å². The van der Waals surface area contributed by atoms with E-state index in [9.17, 15) is 14.4 Å². The van der Waals surface area contributed by atoms with Gasteiger partial charge in [-0.15, -0.1) is 0 Å². The van der Waals surface area contributed by atoms with Gasteiger partial charge in [-0.25, -0.2) is 9.59 Å². The summed E-state index contributed by atoms with van der Waals surface area (Å²) < 4.78 is 26.8. The van der Waals surface area contributed by atoms with Crippen LogP contribution in [-0.4, -0.2) is 59.4 Å². The number of hydrogen-bond acceptors (Lipinski definition) is 7. The van der Waals surface area contributed by atoms with E-state index in [2.05, 4.69) is 109 Å². The van der Waals surface area contributed by atoms with Gasteiger partial charge < -0.3 is 24.1 Å². The van der Waals surface area contributed by atoms with E-state index in [4.69, 9.17) is 24.1 Å². The van der Waals surface area contributed by atoms with Crippen LogP contribution in [0.1, 0.15) is 101 Å². The number of benzene rings is 2. The quantitative estimate of drug-likeness (QED) is 0.0833. The van der Waals surface area contributed by atoms with Gasteiger partial charge in [-0.2, -0.15) is 0 Å². The summed E-state index contributed by atoms with van der Waals surface area (Å²) in [5.41, 5.74) is 7.44. The van der Waals surface area contributed by atoms with E-state index >= 15 is 0 Å². The zero-order valence-electron chi connectivity index (χ0n) is 37.5. The summed E-state index contributed by atoms with van der Waals surface area (Å²) in [7, 11) is -5.39. The summed E-state index contributed by atoms with van der Waals surface area (Å²) >= 11 is 0. The largest absolute Gasteiger partial charge is 0.458 e. The predicted molar refractivity (Wildman–Crippen MR) is 247 cm³/mol. The monoisotopic (exact) mass is 841 g/mol. The number of carbonyl (C=O) groups is 3. The third-order valence-electron chi connectivity index (χ3n) is 11.5. The summed E-state index contributed by atoms with van der Waals surface area (Å²) in [6.45, 7) is 23.6. The Bertz CT molecular complexity index is 1760. The topological polar surface area (TPSA) is 114 Å². The normalized spacial score (nSPS) is 24.4. The minimum atomic E-state index is -3.14. The molecule has 1 aliphatic rings. The molecule has 2 N–H and O–H groups in total. The van der Waals surface area contributed by atoms with Crippen LogP contribution in [0.25, 0.3) is 0 Å². The van der Waals surface area contributed by atoms with Crippen molar-refractivity contribution in [1.82, 2.24) is 0 Å². The van der Waals surface area contributed by atoms with E-state index in [1.807, 2.05) is 62.4 Å². The van der Waals surface area contributed by atoms with Crippen LogP contribution in [0.4, 0.5) is 4.79 Å². The molecule has 0 spiro atoms. The first-order valence-corrected chi connectivity index (χ1v) is 26.0. The van der Waals surface area contributed by atoms with E-state index in [0.29, 0.717) is 37.7 Å². The molecule has 0 saturated carbocycles. The molecule has 322 valence electrons. The van der Waals surface area contributed by atoms with Gasteiger partial charge >= 0.3 is 12.1 Å². The number of cyclic esters (lactones) is 1. The maximum absolute atomic E-state index is 13.1. The summed E-state index contributed by atoms with van der Waals surface area (Å²) in [4.78, 5) is 37.3.